The fourth-order valence-electron chi connectivity index (χ4n) is 4.83. The van der Waals surface area contributed by atoms with E-state index in [9.17, 15) is 5.11 Å². The topological polar surface area (TPSA) is 104 Å². The Morgan fingerprint density at radius 3 is 2.16 bits per heavy atom. The number of anilines is 1. The van der Waals surface area contributed by atoms with E-state index in [1.54, 1.807) is 20.2 Å². The zero-order valence-corrected chi connectivity index (χ0v) is 30.2. The molecule has 0 bridgehead atoms. The summed E-state index contributed by atoms with van der Waals surface area (Å²) in [6.07, 6.45) is 3.36. The first kappa shape index (κ1) is 33.7. The van der Waals surface area contributed by atoms with Gasteiger partial charge in [0.15, 0.2) is 33.6 Å². The number of benzene rings is 1. The zero-order chi connectivity index (χ0) is 32.0. The predicted octanol–water partition coefficient (Wildman–Crippen LogP) is 7.45. The number of fused-ring (bicyclic) bond motifs is 1. The second-order valence-electron chi connectivity index (χ2n) is 15.5. The minimum Gasteiger partial charge on any atom is -0.414 e. The molecular formula is C32H53N5O4Si2. The first-order valence-corrected chi connectivity index (χ1v) is 21.2. The van der Waals surface area contributed by atoms with Crippen molar-refractivity contribution in [2.45, 2.75) is 128 Å². The van der Waals surface area contributed by atoms with Crippen molar-refractivity contribution < 1.29 is 18.7 Å². The molecular weight excluding hydrogens is 575 g/mol. The van der Waals surface area contributed by atoms with Crippen LogP contribution in [0.2, 0.25) is 36.3 Å². The Kier molecular flexibility index (Phi) is 9.40. The Balaban J connectivity index is 1.64. The minimum atomic E-state index is -2.08. The molecule has 1 aromatic carbocycles. The third kappa shape index (κ3) is 7.39. The highest BCUT2D eigenvalue weighted by molar-refractivity contribution is 6.74. The molecule has 0 unspecified atom stereocenters. The molecule has 2 N–H and O–H groups in total. The van der Waals surface area contributed by atoms with E-state index in [0.29, 0.717) is 30.0 Å². The minimum absolute atomic E-state index is 0.0706. The number of hydrogen-bond acceptors (Lipinski definition) is 8. The monoisotopic (exact) mass is 627 g/mol. The van der Waals surface area contributed by atoms with Gasteiger partial charge in [-0.1, -0.05) is 71.9 Å². The van der Waals surface area contributed by atoms with E-state index >= 15 is 0 Å². The summed E-state index contributed by atoms with van der Waals surface area (Å²) in [5.41, 5.74) is 1.19. The Morgan fingerprint density at radius 2 is 1.58 bits per heavy atom. The van der Waals surface area contributed by atoms with Gasteiger partial charge in [-0.05, 0) is 55.7 Å². The Morgan fingerprint density at radius 1 is 0.953 bits per heavy atom. The highest BCUT2D eigenvalue weighted by atomic mass is 28.4. The SMILES string of the molecule is CC(C)(O)[C@H](Nc1ncnc2c1ncn2[C@H]1C[C@H](O[Si](C)(C)C(C)(C)C)[C@@H](CO[Si](C)(C)C(C)(C)C)O1)c1ccccc1. The van der Waals surface area contributed by atoms with Gasteiger partial charge in [0.25, 0.3) is 0 Å². The van der Waals surface area contributed by atoms with Gasteiger partial charge in [-0.25, -0.2) is 15.0 Å². The lowest BCUT2D eigenvalue weighted by Gasteiger charge is -2.40. The van der Waals surface area contributed by atoms with Crippen molar-refractivity contribution in [2.75, 3.05) is 11.9 Å². The van der Waals surface area contributed by atoms with Gasteiger partial charge in [0.2, 0.25) is 0 Å². The van der Waals surface area contributed by atoms with Gasteiger partial charge in [-0.3, -0.25) is 4.57 Å². The van der Waals surface area contributed by atoms with Gasteiger partial charge in [-0.2, -0.15) is 0 Å². The summed E-state index contributed by atoms with van der Waals surface area (Å²) >= 11 is 0. The third-order valence-corrected chi connectivity index (χ3v) is 18.6. The average Bonchev–Trinajstić information content (AvgIpc) is 3.48. The van der Waals surface area contributed by atoms with Crippen LogP contribution >= 0.6 is 0 Å². The van der Waals surface area contributed by atoms with Crippen LogP contribution in [-0.2, 0) is 13.6 Å². The standard InChI is InChI=1S/C32H53N5O4Si2/c1-30(2,3)42(9,10)39-19-24-23(41-43(11,12)31(4,5)6)18-25(40-24)37-21-35-26-28(33-20-34-29(26)37)36-27(32(7,8)38)22-16-14-13-15-17-22/h13-17,20-21,23-25,27,38H,18-19H2,1-12H3,(H,33,34,36)/t23-,24+,25+,27+/m0/s1. The Hall–Kier alpha value is -2.16. The summed E-state index contributed by atoms with van der Waals surface area (Å²) in [4.78, 5) is 13.9. The summed E-state index contributed by atoms with van der Waals surface area (Å²) in [7, 11) is -4.07. The number of nitrogens with one attached hydrogen (secondary N) is 1. The molecule has 0 saturated carbocycles. The van der Waals surface area contributed by atoms with Crippen molar-refractivity contribution in [3.63, 3.8) is 0 Å². The first-order chi connectivity index (χ1) is 19.7. The smallest absolute Gasteiger partial charge is 0.192 e. The largest absolute Gasteiger partial charge is 0.414 e. The molecule has 238 valence electrons. The van der Waals surface area contributed by atoms with Crippen LogP contribution in [0.5, 0.6) is 0 Å². The molecule has 0 radical (unpaired) electrons. The summed E-state index contributed by atoms with van der Waals surface area (Å²) in [6, 6.07) is 9.47. The normalized spacial score (nSPS) is 21.4. The van der Waals surface area contributed by atoms with Crippen LogP contribution in [0.3, 0.4) is 0 Å². The highest BCUT2D eigenvalue weighted by Gasteiger charge is 2.47. The molecule has 1 fully saturated rings. The van der Waals surface area contributed by atoms with E-state index in [-0.39, 0.29) is 28.5 Å². The Bertz CT molecular complexity index is 1380. The molecule has 9 nitrogen and oxygen atoms in total. The van der Waals surface area contributed by atoms with Crippen LogP contribution in [0.4, 0.5) is 5.82 Å². The first-order valence-electron chi connectivity index (χ1n) is 15.4. The van der Waals surface area contributed by atoms with Crippen LogP contribution < -0.4 is 5.32 Å². The Labute approximate surface area is 260 Å². The highest BCUT2D eigenvalue weighted by Crippen LogP contribution is 2.43. The van der Waals surface area contributed by atoms with Crippen molar-refractivity contribution in [2.24, 2.45) is 0 Å². The number of nitrogens with zero attached hydrogens (tertiary/aromatic N) is 4. The molecule has 4 atom stereocenters. The van der Waals surface area contributed by atoms with Crippen molar-refractivity contribution in [1.29, 1.82) is 0 Å². The van der Waals surface area contributed by atoms with E-state index < -0.39 is 28.3 Å². The van der Waals surface area contributed by atoms with Crippen LogP contribution in [0.25, 0.3) is 11.2 Å². The second kappa shape index (κ2) is 12.0. The molecule has 3 aromatic rings. The molecule has 1 aliphatic heterocycles. The quantitative estimate of drug-likeness (QED) is 0.224. The van der Waals surface area contributed by atoms with Crippen LogP contribution in [0, 0.1) is 0 Å². The summed E-state index contributed by atoms with van der Waals surface area (Å²) in [5, 5.41) is 14.7. The fourth-order valence-corrected chi connectivity index (χ4v) is 7.20. The van der Waals surface area contributed by atoms with Gasteiger partial charge >= 0.3 is 0 Å². The number of ether oxygens (including phenoxy) is 1. The van der Waals surface area contributed by atoms with Gasteiger partial charge in [0.1, 0.15) is 18.7 Å². The van der Waals surface area contributed by atoms with Crippen molar-refractivity contribution in [1.82, 2.24) is 19.5 Å². The van der Waals surface area contributed by atoms with Crippen LogP contribution in [-0.4, -0.2) is 65.7 Å². The van der Waals surface area contributed by atoms with E-state index in [1.165, 1.54) is 6.33 Å². The molecule has 0 spiro atoms. The number of aliphatic hydroxyl groups is 1. The molecule has 0 aliphatic carbocycles. The van der Waals surface area contributed by atoms with E-state index in [0.717, 1.165) is 5.56 Å². The molecule has 1 saturated heterocycles. The molecule has 3 heterocycles. The van der Waals surface area contributed by atoms with E-state index in [4.69, 9.17) is 18.6 Å². The maximum absolute atomic E-state index is 11.0. The predicted molar refractivity (Wildman–Crippen MR) is 178 cm³/mol. The summed E-state index contributed by atoms with van der Waals surface area (Å²) in [5.74, 6) is 0.560. The number of hydrogen-bond donors (Lipinski definition) is 2. The number of rotatable bonds is 10. The van der Waals surface area contributed by atoms with Gasteiger partial charge in [0.05, 0.1) is 30.7 Å². The number of imidazole rings is 1. The van der Waals surface area contributed by atoms with Crippen LogP contribution in [0.1, 0.15) is 79.6 Å². The lowest BCUT2D eigenvalue weighted by atomic mass is 9.92. The molecule has 4 rings (SSSR count). The molecule has 43 heavy (non-hydrogen) atoms. The summed E-state index contributed by atoms with van der Waals surface area (Å²) < 4.78 is 22.4. The summed E-state index contributed by atoms with van der Waals surface area (Å²) in [6.45, 7) is 26.7. The zero-order valence-electron chi connectivity index (χ0n) is 28.2. The van der Waals surface area contributed by atoms with E-state index in [1.807, 2.05) is 34.9 Å². The lowest BCUT2D eigenvalue weighted by molar-refractivity contribution is -0.0383. The van der Waals surface area contributed by atoms with E-state index in [2.05, 4.69) is 83.0 Å². The van der Waals surface area contributed by atoms with Crippen molar-refractivity contribution in [3.8, 4) is 0 Å². The fraction of sp³-hybridized carbons (Fsp3) is 0.656. The van der Waals surface area contributed by atoms with Gasteiger partial charge in [-0.15, -0.1) is 0 Å². The van der Waals surface area contributed by atoms with Crippen LogP contribution in [0.15, 0.2) is 43.0 Å². The van der Waals surface area contributed by atoms with Gasteiger partial charge < -0.3 is 24.0 Å². The second-order valence-corrected chi connectivity index (χ2v) is 25.1. The van der Waals surface area contributed by atoms with Crippen molar-refractivity contribution in [3.05, 3.63) is 48.5 Å². The van der Waals surface area contributed by atoms with Gasteiger partial charge in [0, 0.05) is 6.42 Å². The lowest BCUT2D eigenvalue weighted by Crippen LogP contribution is -2.48. The number of aromatic nitrogens is 4. The maximum atomic E-state index is 11.0. The average molecular weight is 628 g/mol. The molecule has 11 heteroatoms. The molecule has 1 aliphatic rings. The molecule has 2 aromatic heterocycles. The maximum Gasteiger partial charge on any atom is 0.192 e. The third-order valence-electron chi connectivity index (χ3n) is 9.64. The van der Waals surface area contributed by atoms with Crippen molar-refractivity contribution >= 4 is 33.6 Å². The molecule has 0 amide bonds.